The van der Waals surface area contributed by atoms with Gasteiger partial charge in [0.1, 0.15) is 5.54 Å². The van der Waals surface area contributed by atoms with Crippen LogP contribution in [0.1, 0.15) is 32.3 Å². The molecule has 0 unspecified atom stereocenters. The van der Waals surface area contributed by atoms with Crippen LogP contribution in [0.2, 0.25) is 0 Å². The van der Waals surface area contributed by atoms with Crippen LogP contribution >= 0.6 is 0 Å². The first-order valence-corrected chi connectivity index (χ1v) is 7.90. The molecule has 0 radical (unpaired) electrons. The number of hydrogen-bond acceptors (Lipinski definition) is 4. The number of urea groups is 1. The first-order chi connectivity index (χ1) is 11.0. The molecular formula is C17H24N2O4. The number of hydrogen-bond donors (Lipinski definition) is 2. The van der Waals surface area contributed by atoms with E-state index in [1.807, 2.05) is 37.3 Å². The Balaban J connectivity index is 1.82. The Morgan fingerprint density at radius 2 is 2.00 bits per heavy atom. The fourth-order valence-corrected chi connectivity index (χ4v) is 2.73. The van der Waals surface area contributed by atoms with E-state index in [0.29, 0.717) is 13.0 Å². The summed E-state index contributed by atoms with van der Waals surface area (Å²) in [7, 11) is 0. The molecule has 0 aliphatic carbocycles. The number of β-amino-alcohol motifs (C(OH)–C–C–N with tert-alkyl or cyclic N) is 1. The number of carbonyl (C=O) groups excluding carboxylic acids is 2. The lowest BCUT2D eigenvalue weighted by Gasteiger charge is -2.22. The van der Waals surface area contributed by atoms with Crippen LogP contribution in [0.4, 0.5) is 4.79 Å². The van der Waals surface area contributed by atoms with E-state index in [1.165, 1.54) is 0 Å². The largest absolute Gasteiger partial charge is 0.389 e. The number of nitrogens with zero attached hydrogens (tertiary/aromatic N) is 1. The molecule has 1 heterocycles. The number of nitrogens with one attached hydrogen (secondary N) is 1. The molecule has 1 aromatic carbocycles. The van der Waals surface area contributed by atoms with Gasteiger partial charge >= 0.3 is 6.03 Å². The molecule has 0 spiro atoms. The third kappa shape index (κ3) is 4.30. The van der Waals surface area contributed by atoms with Crippen LogP contribution in [-0.4, -0.2) is 46.7 Å². The van der Waals surface area contributed by atoms with E-state index in [0.717, 1.165) is 16.9 Å². The zero-order valence-electron chi connectivity index (χ0n) is 13.6. The highest BCUT2D eigenvalue weighted by atomic mass is 16.5. The monoisotopic (exact) mass is 320 g/mol. The second-order valence-corrected chi connectivity index (χ2v) is 6.08. The van der Waals surface area contributed by atoms with Gasteiger partial charge in [-0.05, 0) is 18.9 Å². The lowest BCUT2D eigenvalue weighted by Crippen LogP contribution is -2.44. The Labute approximate surface area is 136 Å². The van der Waals surface area contributed by atoms with E-state index in [4.69, 9.17) is 4.74 Å². The first kappa shape index (κ1) is 17.4. The summed E-state index contributed by atoms with van der Waals surface area (Å²) < 4.78 is 5.44. The molecule has 23 heavy (non-hydrogen) atoms. The van der Waals surface area contributed by atoms with Crippen molar-refractivity contribution in [2.45, 2.75) is 44.9 Å². The summed E-state index contributed by atoms with van der Waals surface area (Å²) >= 11 is 0. The van der Waals surface area contributed by atoms with Crippen molar-refractivity contribution in [3.05, 3.63) is 35.9 Å². The van der Waals surface area contributed by atoms with Gasteiger partial charge in [0.05, 0.1) is 25.9 Å². The standard InChI is InChI=1S/C17H24N2O4/c1-3-9-17(2)15(21)19(16(22)18-17)10-14(20)12-23-11-13-7-5-4-6-8-13/h4-8,14,20H,3,9-12H2,1-2H3,(H,18,22)/t14-,17-/m1/s1. The van der Waals surface area contributed by atoms with Crippen LogP contribution < -0.4 is 5.32 Å². The quantitative estimate of drug-likeness (QED) is 0.714. The smallest absolute Gasteiger partial charge is 0.325 e. The Kier molecular flexibility index (Phi) is 5.74. The van der Waals surface area contributed by atoms with Crippen molar-refractivity contribution in [2.24, 2.45) is 0 Å². The van der Waals surface area contributed by atoms with E-state index in [-0.39, 0.29) is 19.1 Å². The number of carbonyl (C=O) groups is 2. The summed E-state index contributed by atoms with van der Waals surface area (Å²) in [6, 6.07) is 9.16. The molecular weight excluding hydrogens is 296 g/mol. The zero-order valence-corrected chi connectivity index (χ0v) is 13.6. The number of imide groups is 1. The summed E-state index contributed by atoms with van der Waals surface area (Å²) in [6.45, 7) is 4.06. The fraction of sp³-hybridized carbons (Fsp3) is 0.529. The average molecular weight is 320 g/mol. The number of benzene rings is 1. The van der Waals surface area contributed by atoms with Crippen molar-refractivity contribution in [3.63, 3.8) is 0 Å². The van der Waals surface area contributed by atoms with E-state index >= 15 is 0 Å². The van der Waals surface area contributed by atoms with Gasteiger partial charge < -0.3 is 15.2 Å². The van der Waals surface area contributed by atoms with Crippen molar-refractivity contribution in [3.8, 4) is 0 Å². The average Bonchev–Trinajstić information content (AvgIpc) is 2.72. The molecule has 2 N–H and O–H groups in total. The second-order valence-electron chi connectivity index (χ2n) is 6.08. The van der Waals surface area contributed by atoms with Crippen molar-refractivity contribution in [1.29, 1.82) is 0 Å². The molecule has 1 aliphatic rings. The molecule has 1 fully saturated rings. The number of ether oxygens (including phenoxy) is 1. The summed E-state index contributed by atoms with van der Waals surface area (Å²) in [4.78, 5) is 25.4. The maximum absolute atomic E-state index is 12.3. The molecule has 1 saturated heterocycles. The Morgan fingerprint density at radius 3 is 2.65 bits per heavy atom. The molecule has 126 valence electrons. The topological polar surface area (TPSA) is 78.9 Å². The normalized spacial score (nSPS) is 22.3. The number of aliphatic hydroxyl groups excluding tert-OH is 1. The molecule has 3 amide bonds. The highest BCUT2D eigenvalue weighted by Gasteiger charge is 2.47. The first-order valence-electron chi connectivity index (χ1n) is 7.90. The van der Waals surface area contributed by atoms with Gasteiger partial charge in [-0.3, -0.25) is 9.69 Å². The minimum Gasteiger partial charge on any atom is -0.389 e. The summed E-state index contributed by atoms with van der Waals surface area (Å²) in [5.74, 6) is -0.286. The van der Waals surface area contributed by atoms with Crippen molar-refractivity contribution < 1.29 is 19.4 Å². The van der Waals surface area contributed by atoms with Gasteiger partial charge in [0, 0.05) is 0 Å². The van der Waals surface area contributed by atoms with Gasteiger partial charge in [0.25, 0.3) is 5.91 Å². The second kappa shape index (κ2) is 7.57. The molecule has 0 aromatic heterocycles. The van der Waals surface area contributed by atoms with Crippen LogP contribution in [-0.2, 0) is 16.1 Å². The van der Waals surface area contributed by atoms with Crippen LogP contribution in [0.25, 0.3) is 0 Å². The van der Waals surface area contributed by atoms with Gasteiger partial charge in [-0.25, -0.2) is 4.79 Å². The maximum atomic E-state index is 12.3. The Bertz CT molecular complexity index is 549. The minimum absolute atomic E-state index is 0.0568. The summed E-state index contributed by atoms with van der Waals surface area (Å²) in [6.07, 6.45) is 0.464. The van der Waals surface area contributed by atoms with E-state index in [9.17, 15) is 14.7 Å². The molecule has 0 saturated carbocycles. The lowest BCUT2D eigenvalue weighted by molar-refractivity contribution is -0.132. The van der Waals surface area contributed by atoms with Crippen LogP contribution in [0.5, 0.6) is 0 Å². The SMILES string of the molecule is CCC[C@@]1(C)NC(=O)N(C[C@@H](O)COCc2ccccc2)C1=O. The molecule has 1 aliphatic heterocycles. The van der Waals surface area contributed by atoms with Crippen LogP contribution in [0.15, 0.2) is 30.3 Å². The third-order valence-electron chi connectivity index (χ3n) is 3.91. The summed E-state index contributed by atoms with van der Waals surface area (Å²) in [5.41, 5.74) is 0.140. The van der Waals surface area contributed by atoms with E-state index < -0.39 is 17.7 Å². The Morgan fingerprint density at radius 1 is 1.30 bits per heavy atom. The van der Waals surface area contributed by atoms with Gasteiger partial charge in [-0.15, -0.1) is 0 Å². The fourth-order valence-electron chi connectivity index (χ4n) is 2.73. The summed E-state index contributed by atoms with van der Waals surface area (Å²) in [5, 5.41) is 12.7. The van der Waals surface area contributed by atoms with E-state index in [2.05, 4.69) is 5.32 Å². The van der Waals surface area contributed by atoms with Crippen molar-refractivity contribution >= 4 is 11.9 Å². The predicted molar refractivity (Wildman–Crippen MR) is 85.7 cm³/mol. The molecule has 1 aromatic rings. The van der Waals surface area contributed by atoms with E-state index in [1.54, 1.807) is 6.92 Å². The number of aliphatic hydroxyl groups is 1. The minimum atomic E-state index is -0.905. The molecule has 6 nitrogen and oxygen atoms in total. The van der Waals surface area contributed by atoms with Crippen LogP contribution in [0, 0.1) is 0 Å². The van der Waals surface area contributed by atoms with Gasteiger partial charge in [0.15, 0.2) is 0 Å². The Hall–Kier alpha value is -1.92. The highest BCUT2D eigenvalue weighted by Crippen LogP contribution is 2.22. The van der Waals surface area contributed by atoms with Gasteiger partial charge in [0.2, 0.25) is 0 Å². The highest BCUT2D eigenvalue weighted by molar-refractivity contribution is 6.06. The van der Waals surface area contributed by atoms with Gasteiger partial charge in [-0.2, -0.15) is 0 Å². The lowest BCUT2D eigenvalue weighted by atomic mass is 9.96. The third-order valence-corrected chi connectivity index (χ3v) is 3.91. The van der Waals surface area contributed by atoms with Crippen molar-refractivity contribution in [2.75, 3.05) is 13.2 Å². The predicted octanol–water partition coefficient (Wildman–Crippen LogP) is 1.67. The molecule has 6 heteroatoms. The number of rotatable bonds is 8. The maximum Gasteiger partial charge on any atom is 0.325 e. The zero-order chi connectivity index (χ0) is 16.9. The molecule has 2 atom stereocenters. The van der Waals surface area contributed by atoms with Crippen LogP contribution in [0.3, 0.4) is 0 Å². The molecule has 2 rings (SSSR count). The van der Waals surface area contributed by atoms with Gasteiger partial charge in [-0.1, -0.05) is 43.7 Å². The van der Waals surface area contributed by atoms with Crippen molar-refractivity contribution in [1.82, 2.24) is 10.2 Å². The molecule has 0 bridgehead atoms. The number of amides is 3.